The van der Waals surface area contributed by atoms with Crippen molar-refractivity contribution in [1.82, 2.24) is 25.5 Å². The highest BCUT2D eigenvalue weighted by molar-refractivity contribution is 7.11. The number of thiazole rings is 1. The molecule has 3 aromatic heterocycles. The highest BCUT2D eigenvalue weighted by Crippen LogP contribution is 2.35. The molecule has 27 heavy (non-hydrogen) atoms. The van der Waals surface area contributed by atoms with Crippen molar-refractivity contribution in [3.63, 3.8) is 0 Å². The maximum Gasteiger partial charge on any atom is 0.263 e. The smallest absolute Gasteiger partial charge is 0.263 e. The van der Waals surface area contributed by atoms with E-state index in [1.807, 2.05) is 19.1 Å². The molecule has 0 bridgehead atoms. The van der Waals surface area contributed by atoms with Gasteiger partial charge in [-0.1, -0.05) is 0 Å². The number of pyridine rings is 1. The fourth-order valence-electron chi connectivity index (χ4n) is 3.46. The summed E-state index contributed by atoms with van der Waals surface area (Å²) in [4.78, 5) is 21.1. The molecule has 1 aliphatic rings. The average molecular weight is 383 g/mol. The first kappa shape index (κ1) is 17.8. The first-order valence-corrected chi connectivity index (χ1v) is 10.0. The molecular formula is C19H21N5O2S. The highest BCUT2D eigenvalue weighted by atomic mass is 32.1. The zero-order chi connectivity index (χ0) is 18.6. The van der Waals surface area contributed by atoms with Crippen LogP contribution in [0.15, 0.2) is 34.5 Å². The fraction of sp³-hybridized carbons (Fsp3) is 0.421. The second-order valence-corrected chi connectivity index (χ2v) is 7.73. The Labute approximate surface area is 161 Å². The molecule has 0 atom stereocenters. The molecule has 3 heterocycles. The van der Waals surface area contributed by atoms with E-state index in [9.17, 15) is 4.79 Å². The van der Waals surface area contributed by atoms with Crippen molar-refractivity contribution >= 4 is 17.2 Å². The fourth-order valence-corrected chi connectivity index (χ4v) is 4.18. The van der Waals surface area contributed by atoms with Gasteiger partial charge in [0.2, 0.25) is 11.8 Å². The molecule has 1 saturated carbocycles. The van der Waals surface area contributed by atoms with E-state index in [-0.39, 0.29) is 5.91 Å². The van der Waals surface area contributed by atoms with Gasteiger partial charge < -0.3 is 9.73 Å². The number of carbonyl (C=O) groups excluding carboxylic acids is 1. The molecule has 8 heteroatoms. The predicted molar refractivity (Wildman–Crippen MR) is 101 cm³/mol. The molecule has 140 valence electrons. The van der Waals surface area contributed by atoms with Gasteiger partial charge in [-0.25, -0.2) is 4.98 Å². The molecule has 7 nitrogen and oxygen atoms in total. The molecule has 0 unspecified atom stereocenters. The lowest BCUT2D eigenvalue weighted by Gasteiger charge is -2.26. The number of amides is 1. The Morgan fingerprint density at radius 1 is 1.22 bits per heavy atom. The summed E-state index contributed by atoms with van der Waals surface area (Å²) < 4.78 is 5.88. The Kier molecular flexibility index (Phi) is 5.24. The molecule has 1 N–H and O–H groups in total. The van der Waals surface area contributed by atoms with Crippen LogP contribution >= 0.6 is 11.3 Å². The van der Waals surface area contributed by atoms with Crippen LogP contribution in [0.1, 0.15) is 52.9 Å². The first-order valence-electron chi connectivity index (χ1n) is 9.13. The maximum atomic E-state index is 12.2. The van der Waals surface area contributed by atoms with Crippen molar-refractivity contribution in [2.24, 2.45) is 5.92 Å². The van der Waals surface area contributed by atoms with E-state index in [1.54, 1.807) is 17.9 Å². The van der Waals surface area contributed by atoms with Crippen molar-refractivity contribution in [1.29, 1.82) is 0 Å². The first-order chi connectivity index (χ1) is 13.2. The van der Waals surface area contributed by atoms with Crippen LogP contribution in [0.4, 0.5) is 0 Å². The average Bonchev–Trinajstić information content (AvgIpc) is 3.37. The zero-order valence-electron chi connectivity index (χ0n) is 15.1. The van der Waals surface area contributed by atoms with Gasteiger partial charge in [-0.05, 0) is 50.7 Å². The van der Waals surface area contributed by atoms with E-state index in [4.69, 9.17) is 4.42 Å². The molecule has 0 aromatic carbocycles. The van der Waals surface area contributed by atoms with Gasteiger partial charge in [0, 0.05) is 30.4 Å². The van der Waals surface area contributed by atoms with Crippen LogP contribution in [-0.4, -0.2) is 32.6 Å². The van der Waals surface area contributed by atoms with E-state index in [0.29, 0.717) is 35.0 Å². The molecule has 0 spiro atoms. The maximum absolute atomic E-state index is 12.2. The molecule has 3 aromatic rings. The van der Waals surface area contributed by atoms with Crippen LogP contribution < -0.4 is 5.32 Å². The third kappa shape index (κ3) is 4.05. The van der Waals surface area contributed by atoms with Crippen LogP contribution in [0, 0.1) is 12.8 Å². The van der Waals surface area contributed by atoms with Gasteiger partial charge in [0.05, 0.1) is 11.2 Å². The third-order valence-corrected chi connectivity index (χ3v) is 5.99. The topological polar surface area (TPSA) is 93.8 Å². The minimum absolute atomic E-state index is 0.0176. The number of nitrogens with one attached hydrogen (secondary N) is 1. The van der Waals surface area contributed by atoms with E-state index in [1.165, 1.54) is 11.3 Å². The Morgan fingerprint density at radius 3 is 2.70 bits per heavy atom. The molecule has 1 fully saturated rings. The molecular weight excluding hydrogens is 362 g/mol. The lowest BCUT2D eigenvalue weighted by molar-refractivity contribution is 0.0945. The highest BCUT2D eigenvalue weighted by Gasteiger charge is 2.27. The van der Waals surface area contributed by atoms with E-state index >= 15 is 0 Å². The number of carbonyl (C=O) groups is 1. The van der Waals surface area contributed by atoms with Gasteiger partial charge in [0.25, 0.3) is 5.91 Å². The Balaban J connectivity index is 1.29. The summed E-state index contributed by atoms with van der Waals surface area (Å²) in [5.41, 5.74) is 3.39. The van der Waals surface area contributed by atoms with Gasteiger partial charge >= 0.3 is 0 Å². The van der Waals surface area contributed by atoms with Crippen LogP contribution in [0.25, 0.3) is 11.5 Å². The van der Waals surface area contributed by atoms with Crippen LogP contribution in [-0.2, 0) is 0 Å². The molecule has 1 aliphatic carbocycles. The number of nitrogens with zero attached hydrogens (tertiary/aromatic N) is 4. The third-order valence-electron chi connectivity index (χ3n) is 5.07. The van der Waals surface area contributed by atoms with Gasteiger partial charge in [-0.3, -0.25) is 9.78 Å². The second kappa shape index (κ2) is 7.96. The molecule has 0 radical (unpaired) electrons. The Bertz CT molecular complexity index is 900. The minimum Gasteiger partial charge on any atom is -0.420 e. The Hall–Kier alpha value is -2.61. The number of rotatable bonds is 5. The standard InChI is InChI=1S/C19H21N5O2S/c1-12-16(27-11-22-12)17(25)21-10-13-2-4-14(5-3-13)18-23-24-19(26-18)15-6-8-20-9-7-15/h6-9,11,13-14H,2-5,10H2,1H3,(H,21,25). The predicted octanol–water partition coefficient (Wildman–Crippen LogP) is 3.60. The van der Waals surface area contributed by atoms with Gasteiger partial charge in [-0.2, -0.15) is 0 Å². The van der Waals surface area contributed by atoms with Crippen molar-refractivity contribution < 1.29 is 9.21 Å². The SMILES string of the molecule is Cc1ncsc1C(=O)NCC1CCC(c2nnc(-c3ccncc3)o2)CC1. The zero-order valence-corrected chi connectivity index (χ0v) is 15.9. The van der Waals surface area contributed by atoms with Crippen molar-refractivity contribution in [2.45, 2.75) is 38.5 Å². The summed E-state index contributed by atoms with van der Waals surface area (Å²) in [6, 6.07) is 3.73. The monoisotopic (exact) mass is 383 g/mol. The molecule has 4 rings (SSSR count). The van der Waals surface area contributed by atoms with Gasteiger partial charge in [0.1, 0.15) is 4.88 Å². The molecule has 0 saturated heterocycles. The van der Waals surface area contributed by atoms with Crippen molar-refractivity contribution in [2.75, 3.05) is 6.54 Å². The number of aryl methyl sites for hydroxylation is 1. The van der Waals surface area contributed by atoms with E-state index < -0.39 is 0 Å². The van der Waals surface area contributed by atoms with Crippen LogP contribution in [0.3, 0.4) is 0 Å². The lowest BCUT2D eigenvalue weighted by Crippen LogP contribution is -2.31. The normalized spacial score (nSPS) is 19.7. The van der Waals surface area contributed by atoms with Crippen LogP contribution in [0.5, 0.6) is 0 Å². The summed E-state index contributed by atoms with van der Waals surface area (Å²) in [5.74, 6) is 2.02. The summed E-state index contributed by atoms with van der Waals surface area (Å²) in [5, 5.41) is 11.5. The van der Waals surface area contributed by atoms with Crippen molar-refractivity contribution in [3.05, 3.63) is 46.5 Å². The summed E-state index contributed by atoms with van der Waals surface area (Å²) >= 11 is 1.39. The van der Waals surface area contributed by atoms with E-state index in [2.05, 4.69) is 25.5 Å². The van der Waals surface area contributed by atoms with E-state index in [0.717, 1.165) is 36.9 Å². The summed E-state index contributed by atoms with van der Waals surface area (Å²) in [6.07, 6.45) is 7.51. The molecule has 1 amide bonds. The van der Waals surface area contributed by atoms with Gasteiger partial charge in [-0.15, -0.1) is 21.5 Å². The lowest BCUT2D eigenvalue weighted by atomic mass is 9.82. The van der Waals surface area contributed by atoms with Crippen LogP contribution in [0.2, 0.25) is 0 Å². The quantitative estimate of drug-likeness (QED) is 0.723. The summed E-state index contributed by atoms with van der Waals surface area (Å²) in [7, 11) is 0. The number of aromatic nitrogens is 4. The molecule has 0 aliphatic heterocycles. The Morgan fingerprint density at radius 2 is 2.00 bits per heavy atom. The van der Waals surface area contributed by atoms with Crippen molar-refractivity contribution in [3.8, 4) is 11.5 Å². The summed E-state index contributed by atoms with van der Waals surface area (Å²) in [6.45, 7) is 2.57. The second-order valence-electron chi connectivity index (χ2n) is 6.88. The number of hydrogen-bond acceptors (Lipinski definition) is 7. The largest absolute Gasteiger partial charge is 0.420 e. The number of hydrogen-bond donors (Lipinski definition) is 1. The van der Waals surface area contributed by atoms with Gasteiger partial charge in [0.15, 0.2) is 0 Å². The minimum atomic E-state index is -0.0176.